The summed E-state index contributed by atoms with van der Waals surface area (Å²) in [7, 11) is 0. The Morgan fingerprint density at radius 1 is 1.50 bits per heavy atom. The number of hydrogen-bond donors (Lipinski definition) is 2. The normalized spacial score (nSPS) is 12.4. The molecule has 1 atom stereocenters. The lowest BCUT2D eigenvalue weighted by atomic mass is 10.2. The largest absolute Gasteiger partial charge is 0.467 e. The van der Waals surface area contributed by atoms with Crippen molar-refractivity contribution in [3.05, 3.63) is 52.1 Å². The Hall–Kier alpha value is -1.33. The average molecular weight is 314 g/mol. The van der Waals surface area contributed by atoms with Crippen LogP contribution in [0.15, 0.2) is 39.4 Å². The summed E-state index contributed by atoms with van der Waals surface area (Å²) in [5.41, 5.74) is 1.55. The van der Waals surface area contributed by atoms with Crippen molar-refractivity contribution in [2.24, 2.45) is 0 Å². The number of anilines is 1. The number of aryl methyl sites for hydroxylation is 1. The number of aliphatic hydroxyl groups is 1. The fourth-order valence-electron chi connectivity index (χ4n) is 1.62. The first-order chi connectivity index (χ1) is 8.58. The van der Waals surface area contributed by atoms with Gasteiger partial charge in [-0.25, -0.2) is 4.39 Å². The number of nitrogens with one attached hydrogen (secondary N) is 1. The first-order valence-corrected chi connectivity index (χ1v) is 6.28. The van der Waals surface area contributed by atoms with Crippen LogP contribution in [-0.2, 0) is 0 Å². The molecule has 1 aromatic heterocycles. The highest BCUT2D eigenvalue weighted by Crippen LogP contribution is 2.25. The van der Waals surface area contributed by atoms with E-state index in [1.165, 1.54) is 12.3 Å². The third-order valence-electron chi connectivity index (χ3n) is 2.62. The molecule has 96 valence electrons. The van der Waals surface area contributed by atoms with Gasteiger partial charge in [-0.1, -0.05) is 0 Å². The average Bonchev–Trinajstić information content (AvgIpc) is 2.85. The summed E-state index contributed by atoms with van der Waals surface area (Å²) >= 11 is 3.13. The molecule has 0 spiro atoms. The lowest BCUT2D eigenvalue weighted by Gasteiger charge is -2.13. The van der Waals surface area contributed by atoms with Crippen LogP contribution in [0, 0.1) is 12.7 Å². The molecular weight excluding hydrogens is 301 g/mol. The Kier molecular flexibility index (Phi) is 4.04. The van der Waals surface area contributed by atoms with Gasteiger partial charge in [0.2, 0.25) is 0 Å². The zero-order valence-electron chi connectivity index (χ0n) is 9.78. The molecule has 2 rings (SSSR count). The van der Waals surface area contributed by atoms with Crippen LogP contribution < -0.4 is 5.32 Å². The summed E-state index contributed by atoms with van der Waals surface area (Å²) in [6.07, 6.45) is 0.779. The van der Waals surface area contributed by atoms with E-state index in [0.29, 0.717) is 16.8 Å². The van der Waals surface area contributed by atoms with Crippen LogP contribution in [0.4, 0.5) is 10.1 Å². The van der Waals surface area contributed by atoms with Gasteiger partial charge in [0.15, 0.2) is 0 Å². The molecule has 1 heterocycles. The molecule has 2 N–H and O–H groups in total. The molecule has 0 amide bonds. The minimum absolute atomic E-state index is 0.298. The third kappa shape index (κ3) is 2.91. The maximum absolute atomic E-state index is 13.2. The zero-order chi connectivity index (χ0) is 13.1. The topological polar surface area (TPSA) is 45.4 Å². The molecule has 1 unspecified atom stereocenters. The monoisotopic (exact) mass is 313 g/mol. The van der Waals surface area contributed by atoms with Crippen LogP contribution in [0.5, 0.6) is 0 Å². The van der Waals surface area contributed by atoms with Crippen molar-refractivity contribution in [1.82, 2.24) is 0 Å². The highest BCUT2D eigenvalue weighted by atomic mass is 79.9. The van der Waals surface area contributed by atoms with Gasteiger partial charge in [0.25, 0.3) is 0 Å². The SMILES string of the molecule is Cc1cc(F)c(Br)cc1NCC(O)c1ccco1. The van der Waals surface area contributed by atoms with E-state index in [4.69, 9.17) is 4.42 Å². The van der Waals surface area contributed by atoms with Crippen molar-refractivity contribution >= 4 is 21.6 Å². The quantitative estimate of drug-likeness (QED) is 0.906. The van der Waals surface area contributed by atoms with Gasteiger partial charge in [0, 0.05) is 12.2 Å². The molecule has 18 heavy (non-hydrogen) atoms. The summed E-state index contributed by atoms with van der Waals surface area (Å²) in [6.45, 7) is 2.10. The molecule has 0 aliphatic heterocycles. The first kappa shape index (κ1) is 13.1. The van der Waals surface area contributed by atoms with Crippen molar-refractivity contribution in [1.29, 1.82) is 0 Å². The van der Waals surface area contributed by atoms with E-state index in [9.17, 15) is 9.50 Å². The number of halogens is 2. The maximum Gasteiger partial charge on any atom is 0.137 e. The Labute approximate surface area is 113 Å². The van der Waals surface area contributed by atoms with E-state index in [2.05, 4.69) is 21.2 Å². The summed E-state index contributed by atoms with van der Waals surface area (Å²) in [6, 6.07) is 6.52. The minimum Gasteiger partial charge on any atom is -0.467 e. The van der Waals surface area contributed by atoms with Crippen LogP contribution in [0.25, 0.3) is 0 Å². The standard InChI is InChI=1S/C13H13BrFNO2/c1-8-5-10(15)9(14)6-11(8)16-7-12(17)13-3-2-4-18-13/h2-6,12,16-17H,7H2,1H3. The van der Waals surface area contributed by atoms with Gasteiger partial charge in [-0.15, -0.1) is 0 Å². The van der Waals surface area contributed by atoms with Crippen LogP contribution in [-0.4, -0.2) is 11.7 Å². The van der Waals surface area contributed by atoms with Gasteiger partial charge < -0.3 is 14.8 Å². The summed E-state index contributed by atoms with van der Waals surface area (Å²) in [5.74, 6) is 0.200. The predicted octanol–water partition coefficient (Wildman–Crippen LogP) is 3.64. The molecule has 1 aromatic carbocycles. The van der Waals surface area contributed by atoms with Gasteiger partial charge in [0.05, 0.1) is 10.7 Å². The minimum atomic E-state index is -0.733. The molecule has 3 nitrogen and oxygen atoms in total. The van der Waals surface area contributed by atoms with Gasteiger partial charge in [-0.3, -0.25) is 0 Å². The number of benzene rings is 1. The van der Waals surface area contributed by atoms with Gasteiger partial charge in [0.1, 0.15) is 17.7 Å². The number of rotatable bonds is 4. The van der Waals surface area contributed by atoms with Crippen LogP contribution >= 0.6 is 15.9 Å². The Morgan fingerprint density at radius 3 is 2.94 bits per heavy atom. The lowest BCUT2D eigenvalue weighted by Crippen LogP contribution is -2.12. The van der Waals surface area contributed by atoms with Gasteiger partial charge in [-0.05, 0) is 52.7 Å². The summed E-state index contributed by atoms with van der Waals surface area (Å²) in [4.78, 5) is 0. The van der Waals surface area contributed by atoms with E-state index in [-0.39, 0.29) is 5.82 Å². The molecular formula is C13H13BrFNO2. The van der Waals surface area contributed by atoms with Gasteiger partial charge in [-0.2, -0.15) is 0 Å². The highest BCUT2D eigenvalue weighted by Gasteiger charge is 2.11. The molecule has 0 radical (unpaired) electrons. The molecule has 5 heteroatoms. The summed E-state index contributed by atoms with van der Waals surface area (Å²) in [5, 5.41) is 12.9. The number of aliphatic hydroxyl groups excluding tert-OH is 1. The first-order valence-electron chi connectivity index (χ1n) is 5.49. The predicted molar refractivity (Wildman–Crippen MR) is 71.0 cm³/mol. The van der Waals surface area contributed by atoms with Gasteiger partial charge >= 0.3 is 0 Å². The van der Waals surface area contributed by atoms with E-state index in [1.54, 1.807) is 25.1 Å². The highest BCUT2D eigenvalue weighted by molar-refractivity contribution is 9.10. The van der Waals surface area contributed by atoms with Crippen molar-refractivity contribution in [2.45, 2.75) is 13.0 Å². The zero-order valence-corrected chi connectivity index (χ0v) is 11.4. The molecule has 0 fully saturated rings. The van der Waals surface area contributed by atoms with Crippen LogP contribution in [0.1, 0.15) is 17.4 Å². The fraction of sp³-hybridized carbons (Fsp3) is 0.231. The second kappa shape index (κ2) is 5.54. The van der Waals surface area contributed by atoms with E-state index in [1.807, 2.05) is 0 Å². The van der Waals surface area contributed by atoms with Crippen LogP contribution in [0.3, 0.4) is 0 Å². The van der Waals surface area contributed by atoms with Crippen molar-refractivity contribution in [3.8, 4) is 0 Å². The molecule has 0 saturated heterocycles. The van der Waals surface area contributed by atoms with E-state index >= 15 is 0 Å². The molecule has 0 aliphatic rings. The second-order valence-electron chi connectivity index (χ2n) is 3.99. The lowest BCUT2D eigenvalue weighted by molar-refractivity contribution is 0.162. The van der Waals surface area contributed by atoms with E-state index < -0.39 is 6.10 Å². The van der Waals surface area contributed by atoms with E-state index in [0.717, 1.165) is 11.3 Å². The van der Waals surface area contributed by atoms with Crippen molar-refractivity contribution in [3.63, 3.8) is 0 Å². The molecule has 0 bridgehead atoms. The number of furan rings is 1. The summed E-state index contributed by atoms with van der Waals surface area (Å²) < 4.78 is 18.7. The Bertz CT molecular complexity index is 528. The Morgan fingerprint density at radius 2 is 2.28 bits per heavy atom. The maximum atomic E-state index is 13.2. The smallest absolute Gasteiger partial charge is 0.137 e. The second-order valence-corrected chi connectivity index (χ2v) is 4.85. The van der Waals surface area contributed by atoms with Crippen LogP contribution in [0.2, 0.25) is 0 Å². The molecule has 0 saturated carbocycles. The fourth-order valence-corrected chi connectivity index (χ4v) is 1.97. The van der Waals surface area contributed by atoms with Crippen molar-refractivity contribution < 1.29 is 13.9 Å². The van der Waals surface area contributed by atoms with Crippen molar-refractivity contribution in [2.75, 3.05) is 11.9 Å². The Balaban J connectivity index is 2.04. The molecule has 2 aromatic rings. The number of hydrogen-bond acceptors (Lipinski definition) is 3. The third-order valence-corrected chi connectivity index (χ3v) is 3.23. The molecule has 0 aliphatic carbocycles.